The van der Waals surface area contributed by atoms with Crippen molar-refractivity contribution in [3.63, 3.8) is 0 Å². The molecule has 178 valence electrons. The van der Waals surface area contributed by atoms with E-state index in [1.54, 1.807) is 23.6 Å². The van der Waals surface area contributed by atoms with Gasteiger partial charge in [-0.15, -0.1) is 5.10 Å². The number of para-hydroxylation sites is 1. The first kappa shape index (κ1) is 23.0. The van der Waals surface area contributed by atoms with E-state index < -0.39 is 0 Å². The molecule has 10 heteroatoms. The van der Waals surface area contributed by atoms with Gasteiger partial charge in [-0.05, 0) is 56.7 Å². The van der Waals surface area contributed by atoms with Crippen LogP contribution in [-0.2, 0) is 17.8 Å². The number of aryl methyl sites for hydroxylation is 5. The average Bonchev–Trinajstić information content (AvgIpc) is 3.41. The van der Waals surface area contributed by atoms with Crippen LogP contribution in [0.4, 0.5) is 10.1 Å². The summed E-state index contributed by atoms with van der Waals surface area (Å²) in [4.78, 5) is 22.0. The third-order valence-corrected chi connectivity index (χ3v) is 6.56. The molecule has 1 amide bonds. The molecule has 5 rings (SSSR count). The molecular formula is C25H24FN7OS. The number of thioether (sulfide) groups is 1. The topological polar surface area (TPSA) is 90.0 Å². The summed E-state index contributed by atoms with van der Waals surface area (Å²) in [6.07, 6.45) is 0.613. The first-order valence-electron chi connectivity index (χ1n) is 11.2. The summed E-state index contributed by atoms with van der Waals surface area (Å²) in [7, 11) is 0. The van der Waals surface area contributed by atoms with E-state index in [9.17, 15) is 9.18 Å². The minimum absolute atomic E-state index is 0.0941. The standard InChI is InChI=1S/C25H24FN7OS/c1-15-8-9-18(13-20(15)26)27-23(34)14-35-25-28-21-7-5-4-6-19(21)24-29-22(31-33(24)25)10-11-32-17(3)12-16(2)30-32/h4-9,12-13H,10-11,14H2,1-3H3,(H,27,34). The molecule has 0 aliphatic heterocycles. The molecule has 0 saturated carbocycles. The zero-order valence-electron chi connectivity index (χ0n) is 19.6. The number of rotatable bonds is 7. The van der Waals surface area contributed by atoms with E-state index in [4.69, 9.17) is 15.1 Å². The molecule has 0 saturated heterocycles. The van der Waals surface area contributed by atoms with Crippen LogP contribution in [0.15, 0.2) is 53.7 Å². The minimum Gasteiger partial charge on any atom is -0.325 e. The van der Waals surface area contributed by atoms with Crippen LogP contribution in [0.3, 0.4) is 0 Å². The molecule has 0 aliphatic rings. The zero-order valence-corrected chi connectivity index (χ0v) is 20.4. The van der Waals surface area contributed by atoms with E-state index in [0.29, 0.717) is 40.8 Å². The lowest BCUT2D eigenvalue weighted by molar-refractivity contribution is -0.113. The quantitative estimate of drug-likeness (QED) is 0.267. The summed E-state index contributed by atoms with van der Waals surface area (Å²) < 4.78 is 17.5. The second-order valence-corrected chi connectivity index (χ2v) is 9.32. The molecule has 0 radical (unpaired) electrons. The van der Waals surface area contributed by atoms with Crippen molar-refractivity contribution in [2.24, 2.45) is 0 Å². The number of carbonyl (C=O) groups excluding carboxylic acids is 1. The lowest BCUT2D eigenvalue weighted by atomic mass is 10.2. The number of amides is 1. The molecule has 0 aliphatic carbocycles. The zero-order chi connectivity index (χ0) is 24.5. The molecule has 5 aromatic rings. The highest BCUT2D eigenvalue weighted by molar-refractivity contribution is 7.99. The van der Waals surface area contributed by atoms with Crippen molar-refractivity contribution >= 4 is 39.9 Å². The Morgan fingerprint density at radius 2 is 1.89 bits per heavy atom. The van der Waals surface area contributed by atoms with Gasteiger partial charge in [-0.25, -0.2) is 14.4 Å². The third-order valence-electron chi connectivity index (χ3n) is 5.63. The molecule has 0 bridgehead atoms. The molecule has 8 nitrogen and oxygen atoms in total. The van der Waals surface area contributed by atoms with Crippen LogP contribution in [0.5, 0.6) is 0 Å². The molecular weight excluding hydrogens is 465 g/mol. The maximum atomic E-state index is 13.8. The van der Waals surface area contributed by atoms with Crippen molar-refractivity contribution in [1.29, 1.82) is 0 Å². The van der Waals surface area contributed by atoms with E-state index in [-0.39, 0.29) is 17.5 Å². The molecule has 0 spiro atoms. The van der Waals surface area contributed by atoms with Gasteiger partial charge in [0.05, 0.1) is 17.0 Å². The number of fused-ring (bicyclic) bond motifs is 3. The van der Waals surface area contributed by atoms with E-state index in [1.165, 1.54) is 17.8 Å². The van der Waals surface area contributed by atoms with Crippen molar-refractivity contribution < 1.29 is 9.18 Å². The second kappa shape index (κ2) is 9.46. The van der Waals surface area contributed by atoms with Crippen molar-refractivity contribution in [2.45, 2.75) is 38.9 Å². The molecule has 1 N–H and O–H groups in total. The Bertz CT molecular complexity index is 1560. The van der Waals surface area contributed by atoms with Gasteiger partial charge in [0.15, 0.2) is 16.6 Å². The Balaban J connectivity index is 1.38. The summed E-state index contributed by atoms with van der Waals surface area (Å²) in [6, 6.07) is 14.4. The van der Waals surface area contributed by atoms with Gasteiger partial charge in [-0.2, -0.15) is 9.61 Å². The molecule has 35 heavy (non-hydrogen) atoms. The number of hydrogen-bond donors (Lipinski definition) is 1. The van der Waals surface area contributed by atoms with Crippen LogP contribution in [0, 0.1) is 26.6 Å². The molecule has 0 unspecified atom stereocenters. The Labute approximate surface area is 205 Å². The molecule has 2 aromatic carbocycles. The van der Waals surface area contributed by atoms with E-state index in [2.05, 4.69) is 10.4 Å². The first-order chi connectivity index (χ1) is 16.9. The molecule has 0 atom stereocenters. The highest BCUT2D eigenvalue weighted by atomic mass is 32.2. The fraction of sp³-hybridized carbons (Fsp3) is 0.240. The fourth-order valence-corrected chi connectivity index (χ4v) is 4.62. The smallest absolute Gasteiger partial charge is 0.234 e. The van der Waals surface area contributed by atoms with Gasteiger partial charge in [0.2, 0.25) is 5.91 Å². The lowest BCUT2D eigenvalue weighted by Crippen LogP contribution is -2.15. The molecule has 3 aromatic heterocycles. The highest BCUT2D eigenvalue weighted by Gasteiger charge is 2.16. The number of anilines is 1. The predicted molar refractivity (Wildman–Crippen MR) is 134 cm³/mol. The summed E-state index contributed by atoms with van der Waals surface area (Å²) in [6.45, 7) is 6.34. The van der Waals surface area contributed by atoms with Gasteiger partial charge in [0, 0.05) is 29.7 Å². The summed E-state index contributed by atoms with van der Waals surface area (Å²) >= 11 is 1.26. The van der Waals surface area contributed by atoms with Crippen LogP contribution >= 0.6 is 11.8 Å². The van der Waals surface area contributed by atoms with E-state index >= 15 is 0 Å². The highest BCUT2D eigenvalue weighted by Crippen LogP contribution is 2.24. The summed E-state index contributed by atoms with van der Waals surface area (Å²) in [5.41, 5.74) is 4.49. The monoisotopic (exact) mass is 489 g/mol. The van der Waals surface area contributed by atoms with Crippen molar-refractivity contribution in [3.05, 3.63) is 77.1 Å². The summed E-state index contributed by atoms with van der Waals surface area (Å²) in [5, 5.41) is 13.4. The molecule has 3 heterocycles. The van der Waals surface area contributed by atoms with Gasteiger partial charge in [-0.3, -0.25) is 9.48 Å². The normalized spacial score (nSPS) is 11.4. The Hall–Kier alpha value is -3.79. The molecule has 0 fully saturated rings. The second-order valence-electron chi connectivity index (χ2n) is 8.38. The SMILES string of the molecule is Cc1cc(C)n(CCc2nc3c4ccccc4nc(SCC(=O)Nc4ccc(C)c(F)c4)n3n2)n1. The van der Waals surface area contributed by atoms with Gasteiger partial charge >= 0.3 is 0 Å². The Morgan fingerprint density at radius 1 is 1.06 bits per heavy atom. The van der Waals surface area contributed by atoms with Gasteiger partial charge < -0.3 is 5.32 Å². The van der Waals surface area contributed by atoms with Crippen LogP contribution in [-0.4, -0.2) is 41.0 Å². The number of benzene rings is 2. The minimum atomic E-state index is -0.357. The fourth-order valence-electron chi connectivity index (χ4n) is 3.88. The number of nitrogens with one attached hydrogen (secondary N) is 1. The number of hydrogen-bond acceptors (Lipinski definition) is 6. The van der Waals surface area contributed by atoms with Crippen LogP contribution in [0.1, 0.15) is 22.8 Å². The van der Waals surface area contributed by atoms with Crippen LogP contribution in [0.2, 0.25) is 0 Å². The number of aromatic nitrogens is 6. The third kappa shape index (κ3) is 4.88. The Morgan fingerprint density at radius 3 is 2.66 bits per heavy atom. The number of halogens is 1. The first-order valence-corrected chi connectivity index (χ1v) is 12.2. The maximum absolute atomic E-state index is 13.8. The van der Waals surface area contributed by atoms with Crippen molar-refractivity contribution in [1.82, 2.24) is 29.4 Å². The largest absolute Gasteiger partial charge is 0.325 e. The number of carbonyl (C=O) groups is 1. The van der Waals surface area contributed by atoms with Gasteiger partial charge in [0.1, 0.15) is 5.82 Å². The number of nitrogens with zero attached hydrogens (tertiary/aromatic N) is 6. The van der Waals surface area contributed by atoms with Gasteiger partial charge in [0.25, 0.3) is 0 Å². The maximum Gasteiger partial charge on any atom is 0.234 e. The van der Waals surface area contributed by atoms with Crippen molar-refractivity contribution in [3.8, 4) is 0 Å². The van der Waals surface area contributed by atoms with Gasteiger partial charge in [-0.1, -0.05) is 30.0 Å². The van der Waals surface area contributed by atoms with E-state index in [1.807, 2.05) is 48.9 Å². The van der Waals surface area contributed by atoms with Crippen LogP contribution < -0.4 is 5.32 Å². The average molecular weight is 490 g/mol. The lowest BCUT2D eigenvalue weighted by Gasteiger charge is -2.08. The Kier molecular flexibility index (Phi) is 6.21. The van der Waals surface area contributed by atoms with E-state index in [0.717, 1.165) is 22.3 Å². The summed E-state index contributed by atoms with van der Waals surface area (Å²) in [5.74, 6) is 0.156. The predicted octanol–water partition coefficient (Wildman–Crippen LogP) is 4.51. The van der Waals surface area contributed by atoms with Crippen molar-refractivity contribution in [2.75, 3.05) is 11.1 Å². The van der Waals surface area contributed by atoms with Crippen LogP contribution in [0.25, 0.3) is 16.6 Å².